The quantitative estimate of drug-likeness (QED) is 0.771. The molecule has 0 bridgehead atoms. The number of hydrogen-bond donors (Lipinski definition) is 0. The number of ether oxygens (including phenoxy) is 2. The first kappa shape index (κ1) is 19.1. The van der Waals surface area contributed by atoms with Crippen LogP contribution in [-0.2, 0) is 14.3 Å². The zero-order chi connectivity index (χ0) is 19.6. The predicted octanol–water partition coefficient (Wildman–Crippen LogP) is 2.28. The largest absolute Gasteiger partial charge is 0.452 e. The summed E-state index contributed by atoms with van der Waals surface area (Å²) in [5.41, 5.74) is 3.21. The lowest BCUT2D eigenvalue weighted by Gasteiger charge is -2.35. The number of aryl methyl sites for hydroxylation is 2. The van der Waals surface area contributed by atoms with E-state index in [2.05, 4.69) is 5.10 Å². The number of morpholine rings is 1. The average Bonchev–Trinajstić information content (AvgIpc) is 2.97. The van der Waals surface area contributed by atoms with Crippen molar-refractivity contribution in [1.29, 1.82) is 0 Å². The molecule has 1 amide bonds. The van der Waals surface area contributed by atoms with E-state index >= 15 is 0 Å². The van der Waals surface area contributed by atoms with Gasteiger partial charge in [0.05, 0.1) is 29.2 Å². The maximum atomic E-state index is 12.3. The lowest BCUT2D eigenvalue weighted by Crippen LogP contribution is -2.49. The minimum atomic E-state index is -0.516. The van der Waals surface area contributed by atoms with Crippen LogP contribution in [0.5, 0.6) is 0 Å². The predicted molar refractivity (Wildman–Crippen MR) is 99.9 cm³/mol. The van der Waals surface area contributed by atoms with Crippen LogP contribution in [0.2, 0.25) is 0 Å². The summed E-state index contributed by atoms with van der Waals surface area (Å²) in [6.07, 6.45) is -0.0364. The van der Waals surface area contributed by atoms with E-state index in [1.807, 2.05) is 50.6 Å². The first-order valence-electron chi connectivity index (χ1n) is 9.07. The maximum absolute atomic E-state index is 12.3. The molecule has 0 spiro atoms. The molecule has 0 aliphatic carbocycles. The standard InChI is InChI=1S/C20H25N3O4/c1-13-9-14(2)23(21-13)18-7-5-17(6-8-18)20(25)26-12-19(24)22-10-15(3)27-16(4)11-22/h5-9,15-16H,10-12H2,1-4H3. The second-order valence-electron chi connectivity index (χ2n) is 7.02. The number of carbonyl (C=O) groups excluding carboxylic acids is 2. The van der Waals surface area contributed by atoms with Crippen molar-refractivity contribution in [3.8, 4) is 5.69 Å². The molecule has 2 unspecified atom stereocenters. The van der Waals surface area contributed by atoms with E-state index in [0.29, 0.717) is 18.7 Å². The van der Waals surface area contributed by atoms with Crippen LogP contribution in [0, 0.1) is 13.8 Å². The number of carbonyl (C=O) groups is 2. The molecule has 1 fully saturated rings. The van der Waals surface area contributed by atoms with Gasteiger partial charge in [-0.2, -0.15) is 5.10 Å². The molecule has 0 radical (unpaired) electrons. The normalized spacial score (nSPS) is 19.8. The molecule has 144 valence electrons. The monoisotopic (exact) mass is 371 g/mol. The van der Waals surface area contributed by atoms with Gasteiger partial charge in [-0.3, -0.25) is 4.79 Å². The molecular weight excluding hydrogens is 346 g/mol. The Balaban J connectivity index is 1.58. The summed E-state index contributed by atoms with van der Waals surface area (Å²) < 4.78 is 12.6. The molecule has 1 aliphatic heterocycles. The number of hydrogen-bond acceptors (Lipinski definition) is 5. The first-order valence-corrected chi connectivity index (χ1v) is 9.07. The van der Waals surface area contributed by atoms with Gasteiger partial charge >= 0.3 is 5.97 Å². The van der Waals surface area contributed by atoms with Gasteiger partial charge in [-0.25, -0.2) is 9.48 Å². The molecule has 0 saturated carbocycles. The molecule has 1 aliphatic rings. The highest BCUT2D eigenvalue weighted by atomic mass is 16.5. The van der Waals surface area contributed by atoms with Crippen molar-refractivity contribution in [1.82, 2.24) is 14.7 Å². The summed E-state index contributed by atoms with van der Waals surface area (Å²) >= 11 is 0. The fourth-order valence-electron chi connectivity index (χ4n) is 3.31. The van der Waals surface area contributed by atoms with Crippen LogP contribution in [0.4, 0.5) is 0 Å². The zero-order valence-electron chi connectivity index (χ0n) is 16.1. The highest BCUT2D eigenvalue weighted by Gasteiger charge is 2.26. The van der Waals surface area contributed by atoms with Gasteiger partial charge in [0.2, 0.25) is 0 Å². The number of esters is 1. The van der Waals surface area contributed by atoms with Crippen molar-refractivity contribution in [3.63, 3.8) is 0 Å². The van der Waals surface area contributed by atoms with Crippen molar-refractivity contribution in [2.75, 3.05) is 19.7 Å². The molecule has 2 heterocycles. The second-order valence-corrected chi connectivity index (χ2v) is 7.02. The van der Waals surface area contributed by atoms with E-state index in [1.165, 1.54) is 0 Å². The Labute approximate surface area is 158 Å². The van der Waals surface area contributed by atoms with Gasteiger partial charge in [0.25, 0.3) is 5.91 Å². The molecule has 1 aromatic heterocycles. The highest BCUT2D eigenvalue weighted by molar-refractivity contribution is 5.91. The summed E-state index contributed by atoms with van der Waals surface area (Å²) in [5, 5.41) is 4.42. The van der Waals surface area contributed by atoms with Crippen LogP contribution in [0.1, 0.15) is 35.6 Å². The Morgan fingerprint density at radius 3 is 2.33 bits per heavy atom. The van der Waals surface area contributed by atoms with Crippen LogP contribution in [0.3, 0.4) is 0 Å². The fraction of sp³-hybridized carbons (Fsp3) is 0.450. The van der Waals surface area contributed by atoms with Crippen LogP contribution >= 0.6 is 0 Å². The minimum absolute atomic E-state index is 0.0182. The lowest BCUT2D eigenvalue weighted by atomic mass is 10.2. The van der Waals surface area contributed by atoms with Gasteiger partial charge in [0, 0.05) is 18.8 Å². The van der Waals surface area contributed by atoms with Crippen molar-refractivity contribution >= 4 is 11.9 Å². The number of benzene rings is 1. The third-order valence-electron chi connectivity index (χ3n) is 4.46. The molecule has 2 aromatic rings. The Morgan fingerprint density at radius 2 is 1.78 bits per heavy atom. The molecular formula is C20H25N3O4. The minimum Gasteiger partial charge on any atom is -0.452 e. The zero-order valence-corrected chi connectivity index (χ0v) is 16.1. The third-order valence-corrected chi connectivity index (χ3v) is 4.46. The highest BCUT2D eigenvalue weighted by Crippen LogP contribution is 2.14. The van der Waals surface area contributed by atoms with Crippen LogP contribution < -0.4 is 0 Å². The van der Waals surface area contributed by atoms with Gasteiger partial charge in [0.1, 0.15) is 0 Å². The smallest absolute Gasteiger partial charge is 0.338 e. The summed E-state index contributed by atoms with van der Waals surface area (Å²) in [6.45, 7) is 8.51. The molecule has 7 nitrogen and oxygen atoms in total. The summed E-state index contributed by atoms with van der Waals surface area (Å²) in [5.74, 6) is -0.720. The lowest BCUT2D eigenvalue weighted by molar-refractivity contribution is -0.146. The van der Waals surface area contributed by atoms with Crippen LogP contribution in [0.15, 0.2) is 30.3 Å². The number of amides is 1. The molecule has 1 saturated heterocycles. The Bertz CT molecular complexity index is 818. The first-order chi connectivity index (χ1) is 12.8. The number of aromatic nitrogens is 2. The molecule has 7 heteroatoms. The van der Waals surface area contributed by atoms with Crippen molar-refractivity contribution in [3.05, 3.63) is 47.3 Å². The fourth-order valence-corrected chi connectivity index (χ4v) is 3.31. The van der Waals surface area contributed by atoms with Gasteiger partial charge in [-0.05, 0) is 58.0 Å². The van der Waals surface area contributed by atoms with E-state index in [4.69, 9.17) is 9.47 Å². The second kappa shape index (κ2) is 7.92. The van der Waals surface area contributed by atoms with Crippen LogP contribution in [-0.4, -0.2) is 58.5 Å². The number of nitrogens with zero attached hydrogens (tertiary/aromatic N) is 3. The Hall–Kier alpha value is -2.67. The molecule has 3 rings (SSSR count). The summed E-state index contributed by atoms with van der Waals surface area (Å²) in [4.78, 5) is 26.2. The van der Waals surface area contributed by atoms with Crippen molar-refractivity contribution < 1.29 is 19.1 Å². The van der Waals surface area contributed by atoms with Gasteiger partial charge in [-0.15, -0.1) is 0 Å². The summed E-state index contributed by atoms with van der Waals surface area (Å²) in [7, 11) is 0. The Kier molecular flexibility index (Phi) is 5.60. The van der Waals surface area contributed by atoms with E-state index in [1.54, 1.807) is 17.0 Å². The molecule has 1 aromatic carbocycles. The number of rotatable bonds is 4. The topological polar surface area (TPSA) is 73.7 Å². The summed E-state index contributed by atoms with van der Waals surface area (Å²) in [6, 6.07) is 8.96. The maximum Gasteiger partial charge on any atom is 0.338 e. The van der Waals surface area contributed by atoms with Crippen molar-refractivity contribution in [2.24, 2.45) is 0 Å². The van der Waals surface area contributed by atoms with E-state index in [-0.39, 0.29) is 24.7 Å². The van der Waals surface area contributed by atoms with Gasteiger partial charge in [0.15, 0.2) is 6.61 Å². The molecule has 2 atom stereocenters. The Morgan fingerprint density at radius 1 is 1.15 bits per heavy atom. The molecule has 27 heavy (non-hydrogen) atoms. The van der Waals surface area contributed by atoms with E-state index in [9.17, 15) is 9.59 Å². The van der Waals surface area contributed by atoms with Gasteiger partial charge < -0.3 is 14.4 Å². The third kappa shape index (κ3) is 4.54. The van der Waals surface area contributed by atoms with E-state index in [0.717, 1.165) is 17.1 Å². The van der Waals surface area contributed by atoms with E-state index < -0.39 is 5.97 Å². The van der Waals surface area contributed by atoms with Gasteiger partial charge in [-0.1, -0.05) is 0 Å². The average molecular weight is 371 g/mol. The van der Waals surface area contributed by atoms with Crippen molar-refractivity contribution in [2.45, 2.75) is 39.9 Å². The SMILES string of the molecule is Cc1cc(C)n(-c2ccc(C(=O)OCC(=O)N3CC(C)OC(C)C3)cc2)n1. The molecule has 0 N–H and O–H groups in total. The van der Waals surface area contributed by atoms with Crippen LogP contribution in [0.25, 0.3) is 5.69 Å².